The molecule has 39 heavy (non-hydrogen) atoms. The molecule has 1 N–H and O–H groups in total. The van der Waals surface area contributed by atoms with Gasteiger partial charge in [-0.3, -0.25) is 0 Å². The molecule has 0 spiro atoms. The van der Waals surface area contributed by atoms with Gasteiger partial charge in [-0.15, -0.1) is 0 Å². The topological polar surface area (TPSA) is 83.5 Å². The fourth-order valence-electron chi connectivity index (χ4n) is 3.97. The van der Waals surface area contributed by atoms with Crippen molar-refractivity contribution in [1.82, 2.24) is 0 Å². The summed E-state index contributed by atoms with van der Waals surface area (Å²) in [6, 6.07) is 34.0. The predicted molar refractivity (Wildman–Crippen MR) is 147 cm³/mol. The second kappa shape index (κ2) is 13.8. The highest BCUT2D eigenvalue weighted by molar-refractivity contribution is 5.56. The highest BCUT2D eigenvalue weighted by Crippen LogP contribution is 2.35. The van der Waals surface area contributed by atoms with E-state index in [2.05, 4.69) is 4.74 Å². The number of para-hydroxylation sites is 2. The fraction of sp³-hybridized carbons (Fsp3) is 0.219. The van der Waals surface area contributed by atoms with Gasteiger partial charge in [-0.25, -0.2) is 4.79 Å². The van der Waals surface area contributed by atoms with E-state index in [9.17, 15) is 4.79 Å². The Morgan fingerprint density at radius 3 is 1.67 bits per heavy atom. The zero-order valence-corrected chi connectivity index (χ0v) is 21.8. The van der Waals surface area contributed by atoms with E-state index < -0.39 is 12.1 Å². The third-order valence-electron chi connectivity index (χ3n) is 5.95. The number of hydrogen-bond donors (Lipinski definition) is 1. The minimum Gasteiger partial charge on any atom is -0.497 e. The molecular formula is C32H32O7. The van der Waals surface area contributed by atoms with Crippen LogP contribution in [0.3, 0.4) is 0 Å². The first kappa shape index (κ1) is 27.4. The Hall–Kier alpha value is -4.65. The molecule has 0 radical (unpaired) electrons. The molecule has 7 nitrogen and oxygen atoms in total. The standard InChI is InChI=1S/C32H32O7/c1-35-27-20-22-30(23-21-27)39-32(37-28-12-6-2-7-13-28,38-29-14-8-3-9-15-29)26-18-16-25(17-19-26)11-5-4-10-24-36-31(33)34/h2-3,6-9,12-23H,4-5,10-11,24H2,1H3,(H,33,34). The molecule has 0 saturated heterocycles. The minimum absolute atomic E-state index is 0.215. The van der Waals surface area contributed by atoms with Gasteiger partial charge in [0.15, 0.2) is 0 Å². The van der Waals surface area contributed by atoms with Crippen molar-refractivity contribution in [2.75, 3.05) is 13.7 Å². The molecule has 0 heterocycles. The Kier molecular flexibility index (Phi) is 9.67. The zero-order valence-electron chi connectivity index (χ0n) is 21.8. The van der Waals surface area contributed by atoms with Gasteiger partial charge in [0.1, 0.15) is 23.0 Å². The molecule has 7 heteroatoms. The predicted octanol–water partition coefficient (Wildman–Crippen LogP) is 7.45. The van der Waals surface area contributed by atoms with Gasteiger partial charge < -0.3 is 28.8 Å². The summed E-state index contributed by atoms with van der Waals surface area (Å²) >= 11 is 0. The zero-order chi connectivity index (χ0) is 27.3. The maximum Gasteiger partial charge on any atom is 0.505 e. The first-order chi connectivity index (χ1) is 19.1. The second-order valence-corrected chi connectivity index (χ2v) is 8.79. The number of rotatable bonds is 14. The number of carbonyl (C=O) groups is 1. The Labute approximate surface area is 228 Å². The van der Waals surface area contributed by atoms with Crippen LogP contribution in [0.25, 0.3) is 0 Å². The summed E-state index contributed by atoms with van der Waals surface area (Å²) in [6.45, 7) is 0.215. The Morgan fingerprint density at radius 1 is 0.641 bits per heavy atom. The van der Waals surface area contributed by atoms with Crippen molar-refractivity contribution in [1.29, 1.82) is 0 Å². The first-order valence-electron chi connectivity index (χ1n) is 12.8. The molecule has 0 amide bonds. The summed E-state index contributed by atoms with van der Waals surface area (Å²) in [4.78, 5) is 10.5. The van der Waals surface area contributed by atoms with Crippen molar-refractivity contribution in [3.63, 3.8) is 0 Å². The maximum atomic E-state index is 10.5. The van der Waals surface area contributed by atoms with Crippen LogP contribution in [-0.2, 0) is 17.1 Å². The molecule has 202 valence electrons. The molecule has 0 atom stereocenters. The number of hydrogen-bond acceptors (Lipinski definition) is 6. The third kappa shape index (κ3) is 8.17. The summed E-state index contributed by atoms with van der Waals surface area (Å²) in [7, 11) is 1.61. The number of benzene rings is 4. The molecule has 0 fully saturated rings. The van der Waals surface area contributed by atoms with Crippen LogP contribution in [0.2, 0.25) is 0 Å². The largest absolute Gasteiger partial charge is 0.505 e. The molecule has 0 aliphatic heterocycles. The molecule has 0 aromatic heterocycles. The summed E-state index contributed by atoms with van der Waals surface area (Å²) in [5.74, 6) is 0.767. The van der Waals surface area contributed by atoms with Crippen LogP contribution in [0.1, 0.15) is 30.4 Å². The summed E-state index contributed by atoms with van der Waals surface area (Å²) in [5, 5.41) is 8.58. The Morgan fingerprint density at radius 2 is 1.15 bits per heavy atom. The number of aryl methyl sites for hydroxylation is 1. The average Bonchev–Trinajstić information content (AvgIpc) is 2.96. The lowest BCUT2D eigenvalue weighted by atomic mass is 10.0. The van der Waals surface area contributed by atoms with Gasteiger partial charge in [-0.2, -0.15) is 0 Å². The molecule has 4 aromatic carbocycles. The van der Waals surface area contributed by atoms with Crippen molar-refractivity contribution >= 4 is 6.16 Å². The number of methoxy groups -OCH3 is 1. The van der Waals surface area contributed by atoms with E-state index >= 15 is 0 Å². The lowest BCUT2D eigenvalue weighted by Gasteiger charge is -2.34. The van der Waals surface area contributed by atoms with Crippen LogP contribution in [0, 0.1) is 0 Å². The fourth-order valence-corrected chi connectivity index (χ4v) is 3.97. The van der Waals surface area contributed by atoms with Crippen molar-refractivity contribution < 1.29 is 33.6 Å². The van der Waals surface area contributed by atoms with Gasteiger partial charge in [-0.05, 0) is 91.9 Å². The summed E-state index contributed by atoms with van der Waals surface area (Å²) in [6.07, 6.45) is 2.09. The van der Waals surface area contributed by atoms with E-state index in [1.807, 2.05) is 97.1 Å². The van der Waals surface area contributed by atoms with E-state index in [0.29, 0.717) is 35.0 Å². The molecule has 4 aromatic rings. The molecule has 4 rings (SSSR count). The monoisotopic (exact) mass is 528 g/mol. The Balaban J connectivity index is 1.62. The number of unbranched alkanes of at least 4 members (excludes halogenated alkanes) is 2. The third-order valence-corrected chi connectivity index (χ3v) is 5.95. The highest BCUT2D eigenvalue weighted by Gasteiger charge is 2.41. The van der Waals surface area contributed by atoms with E-state index in [-0.39, 0.29) is 6.61 Å². The van der Waals surface area contributed by atoms with Gasteiger partial charge >= 0.3 is 12.1 Å². The van der Waals surface area contributed by atoms with Gasteiger partial charge in [-0.1, -0.05) is 48.5 Å². The van der Waals surface area contributed by atoms with Crippen molar-refractivity contribution in [2.24, 2.45) is 0 Å². The van der Waals surface area contributed by atoms with Crippen LogP contribution in [-0.4, -0.2) is 25.0 Å². The van der Waals surface area contributed by atoms with E-state index in [1.54, 1.807) is 19.2 Å². The second-order valence-electron chi connectivity index (χ2n) is 8.79. The van der Waals surface area contributed by atoms with E-state index in [1.165, 1.54) is 0 Å². The molecule has 0 bridgehead atoms. The molecule has 0 saturated carbocycles. The summed E-state index contributed by atoms with van der Waals surface area (Å²) < 4.78 is 29.4. The highest BCUT2D eigenvalue weighted by atomic mass is 16.9. The normalized spacial score (nSPS) is 10.9. The van der Waals surface area contributed by atoms with Gasteiger partial charge in [0, 0.05) is 0 Å². The Bertz CT molecular complexity index is 1230. The molecule has 0 aliphatic rings. The van der Waals surface area contributed by atoms with Crippen LogP contribution in [0.4, 0.5) is 4.79 Å². The minimum atomic E-state index is -1.63. The van der Waals surface area contributed by atoms with Crippen LogP contribution in [0.5, 0.6) is 23.0 Å². The van der Waals surface area contributed by atoms with E-state index in [0.717, 1.165) is 24.8 Å². The van der Waals surface area contributed by atoms with Crippen LogP contribution >= 0.6 is 0 Å². The van der Waals surface area contributed by atoms with Gasteiger partial charge in [0.05, 0.1) is 19.3 Å². The first-order valence-corrected chi connectivity index (χ1v) is 12.8. The van der Waals surface area contributed by atoms with Crippen molar-refractivity contribution in [2.45, 2.75) is 31.7 Å². The van der Waals surface area contributed by atoms with Gasteiger partial charge in [0.2, 0.25) is 0 Å². The molecule has 0 aliphatic carbocycles. The molecular weight excluding hydrogens is 496 g/mol. The van der Waals surface area contributed by atoms with Crippen molar-refractivity contribution in [3.05, 3.63) is 120 Å². The average molecular weight is 529 g/mol. The number of ether oxygens (including phenoxy) is 5. The van der Waals surface area contributed by atoms with Crippen LogP contribution < -0.4 is 18.9 Å². The van der Waals surface area contributed by atoms with E-state index in [4.69, 9.17) is 24.1 Å². The lowest BCUT2D eigenvalue weighted by molar-refractivity contribution is -0.263. The van der Waals surface area contributed by atoms with Crippen LogP contribution in [0.15, 0.2) is 109 Å². The maximum absolute atomic E-state index is 10.5. The summed E-state index contributed by atoms with van der Waals surface area (Å²) in [5.41, 5.74) is 1.81. The lowest BCUT2D eigenvalue weighted by Crippen LogP contribution is -2.45. The molecule has 0 unspecified atom stereocenters. The van der Waals surface area contributed by atoms with Crippen molar-refractivity contribution in [3.8, 4) is 23.0 Å². The quantitative estimate of drug-likeness (QED) is 0.103. The smallest absolute Gasteiger partial charge is 0.497 e. The van der Waals surface area contributed by atoms with Gasteiger partial charge in [0.25, 0.3) is 0 Å². The SMILES string of the molecule is COc1ccc(OC(Oc2ccccc2)(Oc2ccccc2)c2ccc(CCCCCOC(=O)O)cc2)cc1. The number of carboxylic acid groups (broad SMARTS) is 1.